The minimum atomic E-state index is -4.76. The molecule has 0 saturated heterocycles. The van der Waals surface area contributed by atoms with Crippen molar-refractivity contribution in [3.05, 3.63) is 130 Å². The van der Waals surface area contributed by atoms with Gasteiger partial charge >= 0.3 is 12.4 Å². The van der Waals surface area contributed by atoms with Crippen molar-refractivity contribution >= 4 is 0 Å². The Morgan fingerprint density at radius 3 is 1.92 bits per heavy atom. The van der Waals surface area contributed by atoms with Crippen molar-refractivity contribution in [2.45, 2.75) is 77.2 Å². The van der Waals surface area contributed by atoms with E-state index in [4.69, 9.17) is 0 Å². The average Bonchev–Trinajstić information content (AvgIpc) is 3.05. The summed E-state index contributed by atoms with van der Waals surface area (Å²) in [6.07, 6.45) is -11.4. The molecule has 0 aromatic heterocycles. The van der Waals surface area contributed by atoms with Crippen molar-refractivity contribution in [3.8, 4) is 11.1 Å². The first kappa shape index (κ1) is 37.1. The molecule has 5 nitrogen and oxygen atoms in total. The minimum absolute atomic E-state index is 0.0442. The van der Waals surface area contributed by atoms with Gasteiger partial charge in [-0.1, -0.05) is 86.6 Å². The maximum Gasteiger partial charge on any atom is 0.416 e. The molecule has 0 bridgehead atoms. The van der Waals surface area contributed by atoms with Crippen LogP contribution in [-0.4, -0.2) is 40.3 Å². The van der Waals surface area contributed by atoms with Gasteiger partial charge in [-0.3, -0.25) is 15.5 Å². The summed E-state index contributed by atoms with van der Waals surface area (Å²) in [7, 11) is 0. The van der Waals surface area contributed by atoms with E-state index in [1.54, 1.807) is 13.8 Å². The number of aliphatic hydroxyl groups excluding tert-OH is 2. The summed E-state index contributed by atoms with van der Waals surface area (Å²) in [5.41, 5.74) is 0.388. The molecule has 0 fully saturated rings. The van der Waals surface area contributed by atoms with Gasteiger partial charge < -0.3 is 10.2 Å². The molecular formula is C37H41F6N3O2. The van der Waals surface area contributed by atoms with E-state index in [0.717, 1.165) is 41.5 Å². The lowest BCUT2D eigenvalue weighted by atomic mass is 9.89. The van der Waals surface area contributed by atoms with Crippen molar-refractivity contribution in [3.63, 3.8) is 0 Å². The molecule has 0 aliphatic rings. The fraction of sp³-hybridized carbons (Fsp3) is 0.351. The monoisotopic (exact) mass is 673 g/mol. The molecule has 4 aromatic rings. The zero-order valence-corrected chi connectivity index (χ0v) is 27.0. The largest absolute Gasteiger partial charge is 0.416 e. The zero-order valence-electron chi connectivity index (χ0n) is 27.0. The van der Waals surface area contributed by atoms with Gasteiger partial charge in [0.2, 0.25) is 0 Å². The van der Waals surface area contributed by atoms with E-state index in [1.165, 1.54) is 11.0 Å². The van der Waals surface area contributed by atoms with E-state index < -0.39 is 42.0 Å². The number of benzene rings is 4. The highest BCUT2D eigenvalue weighted by Gasteiger charge is 2.34. The summed E-state index contributed by atoms with van der Waals surface area (Å²) >= 11 is 0. The summed E-state index contributed by atoms with van der Waals surface area (Å²) in [6.45, 7) is 5.48. The molecule has 0 radical (unpaired) electrons. The Morgan fingerprint density at radius 1 is 0.729 bits per heavy atom. The molecule has 0 aliphatic heterocycles. The predicted molar refractivity (Wildman–Crippen MR) is 174 cm³/mol. The standard InChI is InChI=1S/C37H41F6N3O2/c1-4-46(35(48)44-22-27-13-9-6-10-14-27)23-30-21-31(36(38,39)40)15-16-33(30)29-18-28(19-32(20-29)37(41,42)43)25(3)34(47)45-24(2)17-26-11-7-5-8-12-26/h5-16,18-21,24-25,34-35,44-45,47-48H,4,17,22-23H2,1-3H3/t24-,25+,34?,35?/m1/s1. The van der Waals surface area contributed by atoms with E-state index in [9.17, 15) is 36.6 Å². The first-order chi connectivity index (χ1) is 22.7. The lowest BCUT2D eigenvalue weighted by Gasteiger charge is -2.29. The molecule has 0 spiro atoms. The summed E-state index contributed by atoms with van der Waals surface area (Å²) in [5, 5.41) is 28.0. The molecule has 11 heteroatoms. The number of rotatable bonds is 14. The van der Waals surface area contributed by atoms with Gasteiger partial charge in [0.1, 0.15) is 6.23 Å². The molecule has 258 valence electrons. The summed E-state index contributed by atoms with van der Waals surface area (Å²) in [6, 6.07) is 24.8. The van der Waals surface area contributed by atoms with Crippen LogP contribution in [0.5, 0.6) is 0 Å². The molecular weight excluding hydrogens is 632 g/mol. The van der Waals surface area contributed by atoms with Crippen LogP contribution in [0.2, 0.25) is 0 Å². The van der Waals surface area contributed by atoms with Crippen LogP contribution in [0.25, 0.3) is 11.1 Å². The Morgan fingerprint density at radius 2 is 1.33 bits per heavy atom. The third-order valence-electron chi connectivity index (χ3n) is 8.32. The number of hydrogen-bond acceptors (Lipinski definition) is 5. The Labute approximate surface area is 277 Å². The second-order valence-electron chi connectivity index (χ2n) is 12.0. The molecule has 4 rings (SSSR count). The van der Waals surface area contributed by atoms with Gasteiger partial charge in [-0.25, -0.2) is 0 Å². The summed E-state index contributed by atoms with van der Waals surface area (Å²) < 4.78 is 84.2. The van der Waals surface area contributed by atoms with Crippen molar-refractivity contribution < 1.29 is 36.6 Å². The number of aliphatic hydroxyl groups is 2. The van der Waals surface area contributed by atoms with E-state index in [2.05, 4.69) is 10.6 Å². The Balaban J connectivity index is 1.67. The van der Waals surface area contributed by atoms with Crippen LogP contribution < -0.4 is 10.6 Å². The molecule has 0 saturated carbocycles. The van der Waals surface area contributed by atoms with Crippen LogP contribution in [0, 0.1) is 0 Å². The van der Waals surface area contributed by atoms with Gasteiger partial charge in [-0.15, -0.1) is 0 Å². The van der Waals surface area contributed by atoms with Gasteiger partial charge in [0.05, 0.1) is 11.1 Å². The van der Waals surface area contributed by atoms with Crippen molar-refractivity contribution in [2.24, 2.45) is 0 Å². The highest BCUT2D eigenvalue weighted by molar-refractivity contribution is 5.70. The van der Waals surface area contributed by atoms with Crippen LogP contribution >= 0.6 is 0 Å². The lowest BCUT2D eigenvalue weighted by molar-refractivity contribution is -0.138. The third kappa shape index (κ3) is 10.1. The topological polar surface area (TPSA) is 67.8 Å². The summed E-state index contributed by atoms with van der Waals surface area (Å²) in [5.74, 6) is -0.807. The highest BCUT2D eigenvalue weighted by atomic mass is 19.4. The zero-order chi connectivity index (χ0) is 35.1. The number of halogens is 6. The SMILES string of the molecule is CCN(Cc1cc(C(F)(F)F)ccc1-c1cc([C@H](C)C(O)N[C@H](C)Cc2ccccc2)cc(C(F)(F)F)c1)C(O)NCc1ccccc1. The molecule has 4 atom stereocenters. The Bertz CT molecular complexity index is 1600. The molecule has 4 N–H and O–H groups in total. The number of alkyl halides is 6. The number of hydrogen-bond donors (Lipinski definition) is 4. The molecule has 0 heterocycles. The molecule has 0 amide bonds. The van der Waals surface area contributed by atoms with Gasteiger partial charge in [0.15, 0.2) is 6.35 Å². The quantitative estimate of drug-likeness (QED) is 0.0810. The average molecular weight is 674 g/mol. The Kier molecular flexibility index (Phi) is 12.4. The second kappa shape index (κ2) is 16.1. The predicted octanol–water partition coefficient (Wildman–Crippen LogP) is 7.92. The first-order valence-corrected chi connectivity index (χ1v) is 15.8. The van der Waals surface area contributed by atoms with E-state index in [1.807, 2.05) is 67.6 Å². The molecule has 0 aliphatic carbocycles. The molecule has 48 heavy (non-hydrogen) atoms. The van der Waals surface area contributed by atoms with Crippen LogP contribution in [-0.2, 0) is 31.9 Å². The maximum absolute atomic E-state index is 14.2. The van der Waals surface area contributed by atoms with Crippen molar-refractivity contribution in [1.82, 2.24) is 15.5 Å². The number of nitrogens with one attached hydrogen (secondary N) is 2. The third-order valence-corrected chi connectivity index (χ3v) is 8.32. The van der Waals surface area contributed by atoms with Crippen LogP contribution in [0.3, 0.4) is 0 Å². The minimum Gasteiger partial charge on any atom is -0.378 e. The van der Waals surface area contributed by atoms with Crippen molar-refractivity contribution in [1.29, 1.82) is 0 Å². The Hall–Kier alpha value is -3.74. The highest BCUT2D eigenvalue weighted by Crippen LogP contribution is 2.39. The molecule has 2 unspecified atom stereocenters. The smallest absolute Gasteiger partial charge is 0.378 e. The number of nitrogens with zero attached hydrogens (tertiary/aromatic N) is 1. The second-order valence-corrected chi connectivity index (χ2v) is 12.0. The van der Waals surface area contributed by atoms with Gasteiger partial charge in [-0.2, -0.15) is 26.3 Å². The van der Waals surface area contributed by atoms with Gasteiger partial charge in [0, 0.05) is 25.0 Å². The van der Waals surface area contributed by atoms with E-state index >= 15 is 0 Å². The summed E-state index contributed by atoms with van der Waals surface area (Å²) in [4.78, 5) is 1.49. The maximum atomic E-state index is 14.2. The normalized spacial score (nSPS) is 14.9. The van der Waals surface area contributed by atoms with Crippen LogP contribution in [0.1, 0.15) is 60.1 Å². The van der Waals surface area contributed by atoms with E-state index in [0.29, 0.717) is 6.42 Å². The lowest BCUT2D eigenvalue weighted by Crippen LogP contribution is -2.44. The fourth-order valence-corrected chi connectivity index (χ4v) is 5.59. The molecule has 4 aromatic carbocycles. The van der Waals surface area contributed by atoms with Crippen LogP contribution in [0.4, 0.5) is 26.3 Å². The van der Waals surface area contributed by atoms with Gasteiger partial charge in [0.25, 0.3) is 0 Å². The van der Waals surface area contributed by atoms with Crippen LogP contribution in [0.15, 0.2) is 97.1 Å². The van der Waals surface area contributed by atoms with E-state index in [-0.39, 0.29) is 47.9 Å². The fourth-order valence-electron chi connectivity index (χ4n) is 5.59. The first-order valence-electron chi connectivity index (χ1n) is 15.8. The van der Waals surface area contributed by atoms with Gasteiger partial charge in [-0.05, 0) is 77.5 Å². The van der Waals surface area contributed by atoms with Crippen molar-refractivity contribution in [2.75, 3.05) is 6.54 Å².